The molecule has 0 saturated heterocycles. The van der Waals surface area contributed by atoms with Gasteiger partial charge in [0.1, 0.15) is 5.75 Å². The minimum Gasteiger partial charge on any atom is -0.497 e. The number of methoxy groups -OCH3 is 1. The van der Waals surface area contributed by atoms with Crippen molar-refractivity contribution < 1.29 is 4.74 Å². The van der Waals surface area contributed by atoms with Crippen LogP contribution in [0.4, 0.5) is 17.1 Å². The van der Waals surface area contributed by atoms with E-state index in [0.29, 0.717) is 0 Å². The number of benzene rings is 2. The normalized spacial score (nSPS) is 9.95. The summed E-state index contributed by atoms with van der Waals surface area (Å²) in [6, 6.07) is 15.4. The molecule has 0 saturated carbocycles. The molecule has 0 aliphatic heterocycles. The summed E-state index contributed by atoms with van der Waals surface area (Å²) >= 11 is 0. The van der Waals surface area contributed by atoms with Crippen molar-refractivity contribution in [1.82, 2.24) is 4.98 Å². The first kappa shape index (κ1) is 14.9. The first-order valence-electron chi connectivity index (χ1n) is 6.31. The van der Waals surface area contributed by atoms with Gasteiger partial charge in [0.15, 0.2) is 0 Å². The molecule has 3 rings (SSSR count). The lowest BCUT2D eigenvalue weighted by Crippen LogP contribution is -1.94. The molecule has 0 bridgehead atoms. The van der Waals surface area contributed by atoms with Crippen LogP contribution >= 0.6 is 12.4 Å². The van der Waals surface area contributed by atoms with Gasteiger partial charge in [-0.05, 0) is 36.4 Å². The average molecular weight is 302 g/mol. The van der Waals surface area contributed by atoms with Crippen LogP contribution in [0.25, 0.3) is 10.9 Å². The SMILES string of the molecule is COc1cccc(Nc2ccnc3ccc(N)cc23)c1.Cl. The molecule has 0 aliphatic rings. The standard InChI is InChI=1S/C16H15N3O.ClH/c1-20-13-4-2-3-12(10-13)19-16-7-8-18-15-6-5-11(17)9-14(15)16;/h2-10H,17H2,1H3,(H,18,19);1H. The van der Waals surface area contributed by atoms with Crippen LogP contribution in [0.2, 0.25) is 0 Å². The Labute approximate surface area is 129 Å². The van der Waals surface area contributed by atoms with Crippen molar-refractivity contribution in [1.29, 1.82) is 0 Å². The zero-order chi connectivity index (χ0) is 13.9. The number of nitrogens with one attached hydrogen (secondary N) is 1. The molecule has 0 radical (unpaired) electrons. The minimum atomic E-state index is 0. The summed E-state index contributed by atoms with van der Waals surface area (Å²) in [7, 11) is 1.65. The fourth-order valence-corrected chi connectivity index (χ4v) is 2.13. The van der Waals surface area contributed by atoms with E-state index in [4.69, 9.17) is 10.5 Å². The summed E-state index contributed by atoms with van der Waals surface area (Å²) < 4.78 is 5.23. The maximum atomic E-state index is 5.86. The van der Waals surface area contributed by atoms with Gasteiger partial charge in [-0.1, -0.05) is 6.07 Å². The fourth-order valence-electron chi connectivity index (χ4n) is 2.13. The maximum Gasteiger partial charge on any atom is 0.120 e. The smallest absolute Gasteiger partial charge is 0.120 e. The van der Waals surface area contributed by atoms with E-state index in [1.807, 2.05) is 48.5 Å². The Morgan fingerprint density at radius 3 is 2.76 bits per heavy atom. The van der Waals surface area contributed by atoms with Gasteiger partial charge < -0.3 is 15.8 Å². The number of hydrogen-bond acceptors (Lipinski definition) is 4. The predicted molar refractivity (Wildman–Crippen MR) is 89.7 cm³/mol. The maximum absolute atomic E-state index is 5.86. The molecular weight excluding hydrogens is 286 g/mol. The van der Waals surface area contributed by atoms with E-state index in [1.165, 1.54) is 0 Å². The van der Waals surface area contributed by atoms with Crippen LogP contribution in [-0.2, 0) is 0 Å². The Bertz CT molecular complexity index is 761. The average Bonchev–Trinajstić information content (AvgIpc) is 2.48. The lowest BCUT2D eigenvalue weighted by Gasteiger charge is -2.11. The van der Waals surface area contributed by atoms with Gasteiger partial charge in [0.2, 0.25) is 0 Å². The highest BCUT2D eigenvalue weighted by Gasteiger charge is 2.03. The second kappa shape index (κ2) is 6.33. The number of nitrogens with two attached hydrogens (primary N) is 1. The molecule has 21 heavy (non-hydrogen) atoms. The van der Waals surface area contributed by atoms with E-state index < -0.39 is 0 Å². The molecule has 3 aromatic rings. The highest BCUT2D eigenvalue weighted by Crippen LogP contribution is 2.28. The van der Waals surface area contributed by atoms with Crippen LogP contribution in [0.5, 0.6) is 5.75 Å². The molecule has 0 spiro atoms. The lowest BCUT2D eigenvalue weighted by molar-refractivity contribution is 0.415. The van der Waals surface area contributed by atoms with Crippen LogP contribution in [0.3, 0.4) is 0 Å². The van der Waals surface area contributed by atoms with Gasteiger partial charge >= 0.3 is 0 Å². The van der Waals surface area contributed by atoms with E-state index in [9.17, 15) is 0 Å². The molecule has 5 heteroatoms. The van der Waals surface area contributed by atoms with E-state index in [1.54, 1.807) is 13.3 Å². The number of hydrogen-bond donors (Lipinski definition) is 2. The molecular formula is C16H16ClN3O. The van der Waals surface area contributed by atoms with Crippen LogP contribution in [-0.4, -0.2) is 12.1 Å². The molecule has 0 unspecified atom stereocenters. The Morgan fingerprint density at radius 2 is 1.95 bits per heavy atom. The monoisotopic (exact) mass is 301 g/mol. The zero-order valence-electron chi connectivity index (χ0n) is 11.5. The second-order valence-electron chi connectivity index (χ2n) is 4.49. The lowest BCUT2D eigenvalue weighted by atomic mass is 10.1. The Morgan fingerprint density at radius 1 is 1.10 bits per heavy atom. The number of nitrogen functional groups attached to an aromatic ring is 1. The molecule has 4 nitrogen and oxygen atoms in total. The quantitative estimate of drug-likeness (QED) is 0.718. The third-order valence-corrected chi connectivity index (χ3v) is 3.11. The second-order valence-corrected chi connectivity index (χ2v) is 4.49. The van der Waals surface area contributed by atoms with E-state index >= 15 is 0 Å². The summed E-state index contributed by atoms with van der Waals surface area (Å²) in [5.74, 6) is 0.813. The highest BCUT2D eigenvalue weighted by atomic mass is 35.5. The third-order valence-electron chi connectivity index (χ3n) is 3.11. The van der Waals surface area contributed by atoms with E-state index in [0.717, 1.165) is 33.7 Å². The molecule has 108 valence electrons. The number of ether oxygens (including phenoxy) is 1. The topological polar surface area (TPSA) is 60.2 Å². The van der Waals surface area contributed by atoms with E-state index in [-0.39, 0.29) is 12.4 Å². The molecule has 3 N–H and O–H groups in total. The Kier molecular flexibility index (Phi) is 4.50. The molecule has 2 aromatic carbocycles. The number of anilines is 3. The number of nitrogens with zero attached hydrogens (tertiary/aromatic N) is 1. The van der Waals surface area contributed by atoms with Crippen LogP contribution in [0.1, 0.15) is 0 Å². The Hall–Kier alpha value is -2.46. The van der Waals surface area contributed by atoms with E-state index in [2.05, 4.69) is 10.3 Å². The van der Waals surface area contributed by atoms with Crippen LogP contribution < -0.4 is 15.8 Å². The van der Waals surface area contributed by atoms with Gasteiger partial charge in [-0.3, -0.25) is 4.98 Å². The van der Waals surface area contributed by atoms with Gasteiger partial charge in [0, 0.05) is 34.7 Å². The summed E-state index contributed by atoms with van der Waals surface area (Å²) in [6.07, 6.45) is 1.78. The third kappa shape index (κ3) is 3.17. The van der Waals surface area contributed by atoms with Gasteiger partial charge in [-0.2, -0.15) is 0 Å². The Balaban J connectivity index is 0.00000161. The first-order chi connectivity index (χ1) is 9.76. The minimum absolute atomic E-state index is 0. The number of fused-ring (bicyclic) bond motifs is 1. The summed E-state index contributed by atoms with van der Waals surface area (Å²) in [5.41, 5.74) is 9.41. The number of rotatable bonds is 3. The van der Waals surface area contributed by atoms with Crippen molar-refractivity contribution in [3.8, 4) is 5.75 Å². The van der Waals surface area contributed by atoms with Crippen LogP contribution in [0, 0.1) is 0 Å². The van der Waals surface area contributed by atoms with Crippen molar-refractivity contribution in [2.75, 3.05) is 18.2 Å². The summed E-state index contributed by atoms with van der Waals surface area (Å²) in [5, 5.41) is 4.37. The van der Waals surface area contributed by atoms with Crippen LogP contribution in [0.15, 0.2) is 54.7 Å². The van der Waals surface area contributed by atoms with Gasteiger partial charge in [-0.25, -0.2) is 0 Å². The number of aromatic nitrogens is 1. The fraction of sp³-hybridized carbons (Fsp3) is 0.0625. The summed E-state index contributed by atoms with van der Waals surface area (Å²) in [4.78, 5) is 4.34. The number of pyridine rings is 1. The van der Waals surface area contributed by atoms with Crippen molar-refractivity contribution in [2.45, 2.75) is 0 Å². The summed E-state index contributed by atoms with van der Waals surface area (Å²) in [6.45, 7) is 0. The van der Waals surface area contributed by atoms with Gasteiger partial charge in [0.05, 0.1) is 12.6 Å². The predicted octanol–water partition coefficient (Wildman–Crippen LogP) is 3.99. The molecule has 0 aliphatic carbocycles. The zero-order valence-corrected chi connectivity index (χ0v) is 12.4. The number of halogens is 1. The van der Waals surface area contributed by atoms with Crippen molar-refractivity contribution in [2.24, 2.45) is 0 Å². The van der Waals surface area contributed by atoms with Crippen molar-refractivity contribution >= 4 is 40.4 Å². The van der Waals surface area contributed by atoms with Crippen molar-refractivity contribution in [3.63, 3.8) is 0 Å². The van der Waals surface area contributed by atoms with Crippen molar-refractivity contribution in [3.05, 3.63) is 54.7 Å². The molecule has 1 heterocycles. The molecule has 1 aromatic heterocycles. The molecule has 0 amide bonds. The first-order valence-corrected chi connectivity index (χ1v) is 6.31. The van der Waals surface area contributed by atoms with Gasteiger partial charge in [-0.15, -0.1) is 12.4 Å². The molecule has 0 fully saturated rings. The largest absolute Gasteiger partial charge is 0.497 e. The highest BCUT2D eigenvalue weighted by molar-refractivity contribution is 5.94. The molecule has 0 atom stereocenters. The van der Waals surface area contributed by atoms with Gasteiger partial charge in [0.25, 0.3) is 0 Å².